The SMILES string of the molecule is CC1(C)CC(=O)C2=C(C1)Nc1ncc(CC(F)(F)F)cc1[C@]2(C)c1ccccc1. The van der Waals surface area contributed by atoms with Crippen molar-refractivity contribution in [2.75, 3.05) is 5.32 Å². The van der Waals surface area contributed by atoms with Crippen molar-refractivity contribution < 1.29 is 18.0 Å². The van der Waals surface area contributed by atoms with E-state index in [1.54, 1.807) is 6.07 Å². The maximum absolute atomic E-state index is 13.3. The molecule has 2 aromatic rings. The molecule has 6 heteroatoms. The van der Waals surface area contributed by atoms with Gasteiger partial charge in [0.2, 0.25) is 0 Å². The first-order chi connectivity index (χ1) is 13.5. The van der Waals surface area contributed by atoms with Gasteiger partial charge in [0.05, 0.1) is 11.8 Å². The van der Waals surface area contributed by atoms with Crippen LogP contribution >= 0.6 is 0 Å². The van der Waals surface area contributed by atoms with E-state index in [0.717, 1.165) is 11.3 Å². The van der Waals surface area contributed by atoms with Gasteiger partial charge in [0.1, 0.15) is 5.82 Å². The van der Waals surface area contributed by atoms with Gasteiger partial charge in [-0.1, -0.05) is 44.2 Å². The minimum atomic E-state index is -4.32. The zero-order valence-electron chi connectivity index (χ0n) is 16.7. The van der Waals surface area contributed by atoms with Gasteiger partial charge < -0.3 is 5.32 Å². The van der Waals surface area contributed by atoms with E-state index in [1.807, 2.05) is 51.1 Å². The number of Topliss-reactive ketones (excluding diaryl/α,β-unsaturated/α-hetero) is 1. The zero-order chi connectivity index (χ0) is 21.0. The molecule has 29 heavy (non-hydrogen) atoms. The number of hydrogen-bond acceptors (Lipinski definition) is 3. The number of halogens is 3. The van der Waals surface area contributed by atoms with Crippen molar-refractivity contribution >= 4 is 11.6 Å². The van der Waals surface area contributed by atoms with Crippen LogP contribution in [0.3, 0.4) is 0 Å². The second-order valence-corrected chi connectivity index (χ2v) is 8.94. The third-order valence-electron chi connectivity index (χ3n) is 5.88. The van der Waals surface area contributed by atoms with Gasteiger partial charge in [-0.25, -0.2) is 4.98 Å². The molecule has 1 aromatic heterocycles. The molecule has 1 aliphatic carbocycles. The quantitative estimate of drug-likeness (QED) is 0.718. The van der Waals surface area contributed by atoms with Crippen LogP contribution in [-0.4, -0.2) is 16.9 Å². The number of alkyl halides is 3. The third kappa shape index (κ3) is 3.45. The molecule has 0 radical (unpaired) electrons. The van der Waals surface area contributed by atoms with Crippen molar-refractivity contribution in [1.82, 2.24) is 4.98 Å². The Balaban J connectivity index is 1.95. The molecule has 3 nitrogen and oxygen atoms in total. The first-order valence-corrected chi connectivity index (χ1v) is 9.65. The lowest BCUT2D eigenvalue weighted by atomic mass is 9.62. The minimum Gasteiger partial charge on any atom is -0.343 e. The van der Waals surface area contributed by atoms with E-state index in [2.05, 4.69) is 10.3 Å². The number of rotatable bonds is 2. The van der Waals surface area contributed by atoms with Crippen LogP contribution in [0.5, 0.6) is 0 Å². The van der Waals surface area contributed by atoms with Gasteiger partial charge in [-0.3, -0.25) is 4.79 Å². The number of aromatic nitrogens is 1. The molecule has 0 unspecified atom stereocenters. The normalized spacial score (nSPS) is 23.3. The molecule has 2 heterocycles. The Morgan fingerprint density at radius 3 is 2.45 bits per heavy atom. The maximum Gasteiger partial charge on any atom is 0.393 e. The Labute approximate surface area is 168 Å². The molecule has 0 amide bonds. The zero-order valence-corrected chi connectivity index (χ0v) is 16.7. The number of carbonyl (C=O) groups is 1. The number of nitrogens with one attached hydrogen (secondary N) is 1. The van der Waals surface area contributed by atoms with Gasteiger partial charge in [0, 0.05) is 29.5 Å². The Hall–Kier alpha value is -2.63. The van der Waals surface area contributed by atoms with E-state index >= 15 is 0 Å². The molecule has 0 saturated heterocycles. The van der Waals surface area contributed by atoms with Gasteiger partial charge in [-0.2, -0.15) is 13.2 Å². The topological polar surface area (TPSA) is 42.0 Å². The van der Waals surface area contributed by atoms with Crippen LogP contribution in [0.15, 0.2) is 53.9 Å². The highest BCUT2D eigenvalue weighted by Gasteiger charge is 2.48. The second-order valence-electron chi connectivity index (χ2n) is 8.94. The Kier molecular flexibility index (Phi) is 4.37. The fourth-order valence-electron chi connectivity index (χ4n) is 4.67. The monoisotopic (exact) mass is 400 g/mol. The summed E-state index contributed by atoms with van der Waals surface area (Å²) in [6.45, 7) is 6.02. The highest BCUT2D eigenvalue weighted by atomic mass is 19.4. The summed E-state index contributed by atoms with van der Waals surface area (Å²) in [5.74, 6) is 0.550. The van der Waals surface area contributed by atoms with E-state index in [0.29, 0.717) is 29.8 Å². The van der Waals surface area contributed by atoms with E-state index in [9.17, 15) is 18.0 Å². The van der Waals surface area contributed by atoms with Crippen LogP contribution in [-0.2, 0) is 16.6 Å². The van der Waals surface area contributed by atoms with Gasteiger partial charge in [0.15, 0.2) is 5.78 Å². The summed E-state index contributed by atoms with van der Waals surface area (Å²) in [6, 6.07) is 11.0. The number of hydrogen-bond donors (Lipinski definition) is 1. The average Bonchev–Trinajstić information content (AvgIpc) is 2.60. The van der Waals surface area contributed by atoms with E-state index in [-0.39, 0.29) is 16.8 Å². The second kappa shape index (κ2) is 6.44. The molecule has 2 aliphatic rings. The number of anilines is 1. The van der Waals surface area contributed by atoms with Crippen LogP contribution in [0, 0.1) is 5.41 Å². The van der Waals surface area contributed by atoms with Gasteiger partial charge >= 0.3 is 6.18 Å². The number of pyridine rings is 1. The van der Waals surface area contributed by atoms with Crippen molar-refractivity contribution in [3.05, 3.63) is 70.6 Å². The first-order valence-electron chi connectivity index (χ1n) is 9.65. The summed E-state index contributed by atoms with van der Waals surface area (Å²) in [5, 5.41) is 3.27. The predicted molar refractivity (Wildman–Crippen MR) is 106 cm³/mol. The lowest BCUT2D eigenvalue weighted by Crippen LogP contribution is -2.42. The van der Waals surface area contributed by atoms with E-state index in [4.69, 9.17) is 0 Å². The van der Waals surface area contributed by atoms with Gasteiger partial charge in [-0.15, -0.1) is 0 Å². The van der Waals surface area contributed by atoms with Crippen LogP contribution < -0.4 is 5.32 Å². The predicted octanol–water partition coefficient (Wildman–Crippen LogP) is 5.56. The van der Waals surface area contributed by atoms with E-state index in [1.165, 1.54) is 6.20 Å². The molecular formula is C23H23F3N2O. The molecule has 152 valence electrons. The minimum absolute atomic E-state index is 0.0296. The highest BCUT2D eigenvalue weighted by molar-refractivity contribution is 6.02. The smallest absolute Gasteiger partial charge is 0.343 e. The molecule has 1 N–H and O–H groups in total. The third-order valence-corrected chi connectivity index (χ3v) is 5.88. The highest BCUT2D eigenvalue weighted by Crippen LogP contribution is 2.52. The van der Waals surface area contributed by atoms with Crippen molar-refractivity contribution in [1.29, 1.82) is 0 Å². The van der Waals surface area contributed by atoms with Crippen molar-refractivity contribution in [3.63, 3.8) is 0 Å². The number of nitrogens with zero attached hydrogens (tertiary/aromatic N) is 1. The Morgan fingerprint density at radius 1 is 1.10 bits per heavy atom. The molecule has 1 atom stereocenters. The molecule has 1 aliphatic heterocycles. The molecule has 0 bridgehead atoms. The summed E-state index contributed by atoms with van der Waals surface area (Å²) in [5.41, 5.74) is 1.98. The lowest BCUT2D eigenvalue weighted by Gasteiger charge is -2.44. The lowest BCUT2D eigenvalue weighted by molar-refractivity contribution is -0.127. The van der Waals surface area contributed by atoms with Crippen LogP contribution in [0.25, 0.3) is 0 Å². The standard InChI is InChI=1S/C23H23F3N2O/c1-21(2)11-17-19(18(29)12-21)22(3,15-7-5-4-6-8-15)16-9-14(10-23(24,25)26)13-27-20(16)28-17/h4-9,13H,10-12H2,1-3H3,(H,27,28)/t22-/m0/s1. The van der Waals surface area contributed by atoms with Crippen molar-refractivity contribution in [3.8, 4) is 0 Å². The number of ketones is 1. The summed E-state index contributed by atoms with van der Waals surface area (Å²) in [4.78, 5) is 17.6. The molecular weight excluding hydrogens is 377 g/mol. The molecule has 4 rings (SSSR count). The Morgan fingerprint density at radius 2 is 1.79 bits per heavy atom. The molecule has 1 aromatic carbocycles. The van der Waals surface area contributed by atoms with Gasteiger partial charge in [0.25, 0.3) is 0 Å². The van der Waals surface area contributed by atoms with Crippen LogP contribution in [0.1, 0.15) is 50.3 Å². The van der Waals surface area contributed by atoms with Crippen molar-refractivity contribution in [2.45, 2.75) is 51.6 Å². The number of benzene rings is 1. The fraction of sp³-hybridized carbons (Fsp3) is 0.391. The molecule has 0 fully saturated rings. The summed E-state index contributed by atoms with van der Waals surface area (Å²) in [6.07, 6.45) is -3.02. The largest absolute Gasteiger partial charge is 0.393 e. The first kappa shape index (κ1) is 19.7. The summed E-state index contributed by atoms with van der Waals surface area (Å²) < 4.78 is 39.0. The fourth-order valence-corrected chi connectivity index (χ4v) is 4.67. The van der Waals surface area contributed by atoms with E-state index < -0.39 is 18.0 Å². The maximum atomic E-state index is 13.3. The number of allylic oxidation sites excluding steroid dienone is 2. The summed E-state index contributed by atoms with van der Waals surface area (Å²) in [7, 11) is 0. The molecule has 0 spiro atoms. The number of fused-ring (bicyclic) bond motifs is 1. The molecule has 0 saturated carbocycles. The summed E-state index contributed by atoms with van der Waals surface area (Å²) >= 11 is 0. The van der Waals surface area contributed by atoms with Gasteiger partial charge in [-0.05, 0) is 36.0 Å². The van der Waals surface area contributed by atoms with Crippen LogP contribution in [0.2, 0.25) is 0 Å². The Bertz CT molecular complexity index is 1010. The van der Waals surface area contributed by atoms with Crippen LogP contribution in [0.4, 0.5) is 19.0 Å². The average molecular weight is 400 g/mol. The number of carbonyl (C=O) groups excluding carboxylic acids is 1. The van der Waals surface area contributed by atoms with Crippen molar-refractivity contribution in [2.24, 2.45) is 5.41 Å².